The summed E-state index contributed by atoms with van der Waals surface area (Å²) in [7, 11) is 0. The third kappa shape index (κ3) is 2.73. The first-order chi connectivity index (χ1) is 12.7. The monoisotopic (exact) mass is 354 g/mol. The minimum atomic E-state index is -0.0141. The van der Waals surface area contributed by atoms with Gasteiger partial charge in [-0.25, -0.2) is 0 Å². The van der Waals surface area contributed by atoms with Crippen LogP contribution in [0.3, 0.4) is 0 Å². The molecule has 0 spiro atoms. The van der Waals surface area contributed by atoms with Crippen LogP contribution in [0, 0.1) is 0 Å². The Morgan fingerprint density at radius 1 is 0.778 bits per heavy atom. The molecule has 0 fully saturated rings. The molecule has 0 aliphatic heterocycles. The highest BCUT2D eigenvalue weighted by Gasteiger charge is 2.36. The number of carbonyl (C=O) groups is 1. The first kappa shape index (κ1) is 17.7. The summed E-state index contributed by atoms with van der Waals surface area (Å²) in [5.74, 6) is 0. The van der Waals surface area contributed by atoms with E-state index in [-0.39, 0.29) is 10.8 Å². The average Bonchev–Trinajstić information content (AvgIpc) is 2.88. The summed E-state index contributed by atoms with van der Waals surface area (Å²) >= 11 is 0. The molecule has 0 saturated heterocycles. The molecule has 1 nitrogen and oxygen atoms in total. The van der Waals surface area contributed by atoms with Crippen LogP contribution in [0.2, 0.25) is 0 Å². The molecule has 0 atom stereocenters. The van der Waals surface area contributed by atoms with Gasteiger partial charge in [-0.1, -0.05) is 83.1 Å². The molecule has 0 unspecified atom stereocenters. The van der Waals surface area contributed by atoms with Gasteiger partial charge in [0.05, 0.1) is 0 Å². The van der Waals surface area contributed by atoms with Gasteiger partial charge in [0.25, 0.3) is 0 Å². The lowest BCUT2D eigenvalue weighted by molar-refractivity contribution is 0.112. The zero-order valence-corrected chi connectivity index (χ0v) is 16.8. The predicted octanol–water partition coefficient (Wildman–Crippen LogP) is 6.77. The van der Waals surface area contributed by atoms with Crippen molar-refractivity contribution in [3.05, 3.63) is 82.9 Å². The van der Waals surface area contributed by atoms with Crippen LogP contribution in [-0.2, 0) is 10.8 Å². The Bertz CT molecular complexity index is 1030. The SMILES string of the molecule is CC(C)(C)c1cc2c(cc1-c1ccc(C=O)cc1)C(C)(C)c1ccccc1-2. The molecule has 0 saturated carbocycles. The van der Waals surface area contributed by atoms with E-state index in [2.05, 4.69) is 83.1 Å². The highest BCUT2D eigenvalue weighted by Crippen LogP contribution is 2.51. The van der Waals surface area contributed by atoms with E-state index in [9.17, 15) is 4.79 Å². The summed E-state index contributed by atoms with van der Waals surface area (Å²) in [4.78, 5) is 11.0. The smallest absolute Gasteiger partial charge is 0.150 e. The van der Waals surface area contributed by atoms with Crippen LogP contribution in [-0.4, -0.2) is 6.29 Å². The lowest BCUT2D eigenvalue weighted by Gasteiger charge is -2.27. The van der Waals surface area contributed by atoms with Gasteiger partial charge in [-0.2, -0.15) is 0 Å². The van der Waals surface area contributed by atoms with E-state index in [1.807, 2.05) is 12.1 Å². The third-order valence-corrected chi connectivity index (χ3v) is 5.89. The number of benzene rings is 3. The van der Waals surface area contributed by atoms with Gasteiger partial charge >= 0.3 is 0 Å². The molecule has 0 radical (unpaired) electrons. The number of fused-ring (bicyclic) bond motifs is 3. The molecule has 0 bridgehead atoms. The molecule has 0 amide bonds. The van der Waals surface area contributed by atoms with E-state index in [1.54, 1.807) is 0 Å². The lowest BCUT2D eigenvalue weighted by atomic mass is 9.76. The lowest BCUT2D eigenvalue weighted by Crippen LogP contribution is -2.17. The van der Waals surface area contributed by atoms with Crippen molar-refractivity contribution in [3.63, 3.8) is 0 Å². The van der Waals surface area contributed by atoms with Gasteiger partial charge in [0.2, 0.25) is 0 Å². The number of rotatable bonds is 2. The standard InChI is InChI=1S/C26H26O/c1-25(2,3)23-15-21-19-8-6-7-9-22(19)26(4,5)24(21)14-20(23)18-12-10-17(16-27)11-13-18/h6-16H,1-5H3. The number of carbonyl (C=O) groups excluding carboxylic acids is 1. The summed E-state index contributed by atoms with van der Waals surface area (Å²) < 4.78 is 0. The first-order valence-electron chi connectivity index (χ1n) is 9.58. The molecule has 3 aromatic carbocycles. The van der Waals surface area contributed by atoms with Gasteiger partial charge in [0.1, 0.15) is 6.29 Å². The topological polar surface area (TPSA) is 17.1 Å². The summed E-state index contributed by atoms with van der Waals surface area (Å²) in [5, 5.41) is 0. The zero-order chi connectivity index (χ0) is 19.4. The number of aldehydes is 1. The van der Waals surface area contributed by atoms with Crippen molar-refractivity contribution >= 4 is 6.29 Å². The van der Waals surface area contributed by atoms with Crippen molar-refractivity contribution in [2.45, 2.75) is 45.4 Å². The van der Waals surface area contributed by atoms with Crippen LogP contribution in [0.1, 0.15) is 61.7 Å². The third-order valence-electron chi connectivity index (χ3n) is 5.89. The molecule has 3 aromatic rings. The van der Waals surface area contributed by atoms with Crippen LogP contribution in [0.15, 0.2) is 60.7 Å². The minimum Gasteiger partial charge on any atom is -0.298 e. The van der Waals surface area contributed by atoms with Gasteiger partial charge in [-0.15, -0.1) is 0 Å². The van der Waals surface area contributed by atoms with E-state index in [0.717, 1.165) is 6.29 Å². The Kier molecular flexibility index (Phi) is 3.89. The van der Waals surface area contributed by atoms with Crippen LogP contribution in [0.4, 0.5) is 0 Å². The van der Waals surface area contributed by atoms with Crippen molar-refractivity contribution in [1.29, 1.82) is 0 Å². The molecular weight excluding hydrogens is 328 g/mol. The Hall–Kier alpha value is -2.67. The summed E-state index contributed by atoms with van der Waals surface area (Å²) in [6, 6.07) is 21.5. The maximum absolute atomic E-state index is 11.0. The molecule has 1 aliphatic rings. The summed E-state index contributed by atoms with van der Waals surface area (Å²) in [6.07, 6.45) is 0.900. The molecule has 0 aromatic heterocycles. The van der Waals surface area contributed by atoms with Crippen molar-refractivity contribution in [3.8, 4) is 22.3 Å². The second kappa shape index (κ2) is 5.92. The van der Waals surface area contributed by atoms with Crippen molar-refractivity contribution in [2.24, 2.45) is 0 Å². The van der Waals surface area contributed by atoms with E-state index in [4.69, 9.17) is 0 Å². The van der Waals surface area contributed by atoms with Crippen molar-refractivity contribution in [2.75, 3.05) is 0 Å². The van der Waals surface area contributed by atoms with E-state index < -0.39 is 0 Å². The normalized spacial score (nSPS) is 14.6. The fourth-order valence-corrected chi connectivity index (χ4v) is 4.35. The molecule has 136 valence electrons. The van der Waals surface area contributed by atoms with Crippen LogP contribution in [0.25, 0.3) is 22.3 Å². The van der Waals surface area contributed by atoms with E-state index in [1.165, 1.54) is 38.9 Å². The van der Waals surface area contributed by atoms with Gasteiger partial charge in [-0.3, -0.25) is 4.79 Å². The van der Waals surface area contributed by atoms with Gasteiger partial charge in [0, 0.05) is 11.0 Å². The molecule has 0 N–H and O–H groups in total. The van der Waals surface area contributed by atoms with Gasteiger partial charge < -0.3 is 0 Å². The Morgan fingerprint density at radius 3 is 2.07 bits per heavy atom. The van der Waals surface area contributed by atoms with E-state index in [0.29, 0.717) is 5.56 Å². The quantitative estimate of drug-likeness (QED) is 0.464. The van der Waals surface area contributed by atoms with Crippen molar-refractivity contribution < 1.29 is 4.79 Å². The Morgan fingerprint density at radius 2 is 1.44 bits per heavy atom. The molecular formula is C26H26O. The van der Waals surface area contributed by atoms with E-state index >= 15 is 0 Å². The first-order valence-corrected chi connectivity index (χ1v) is 9.58. The van der Waals surface area contributed by atoms with Crippen LogP contribution >= 0.6 is 0 Å². The second-order valence-electron chi connectivity index (χ2n) is 9.10. The van der Waals surface area contributed by atoms with Crippen molar-refractivity contribution in [1.82, 2.24) is 0 Å². The zero-order valence-electron chi connectivity index (χ0n) is 16.8. The number of hydrogen-bond acceptors (Lipinski definition) is 1. The summed E-state index contributed by atoms with van der Waals surface area (Å²) in [5.41, 5.74) is 9.98. The summed E-state index contributed by atoms with van der Waals surface area (Å²) in [6.45, 7) is 11.4. The maximum Gasteiger partial charge on any atom is 0.150 e. The largest absolute Gasteiger partial charge is 0.298 e. The molecule has 1 aliphatic carbocycles. The molecule has 27 heavy (non-hydrogen) atoms. The molecule has 1 heteroatoms. The fourth-order valence-electron chi connectivity index (χ4n) is 4.35. The second-order valence-corrected chi connectivity index (χ2v) is 9.10. The molecule has 4 rings (SSSR count). The predicted molar refractivity (Wildman–Crippen MR) is 114 cm³/mol. The number of hydrogen-bond donors (Lipinski definition) is 0. The maximum atomic E-state index is 11.0. The minimum absolute atomic E-state index is 0.0141. The highest BCUT2D eigenvalue weighted by molar-refractivity contribution is 5.86. The van der Waals surface area contributed by atoms with Crippen LogP contribution in [0.5, 0.6) is 0 Å². The Balaban J connectivity index is 2.01. The highest BCUT2D eigenvalue weighted by atomic mass is 16.1. The average molecular weight is 354 g/mol. The fraction of sp³-hybridized carbons (Fsp3) is 0.269. The van der Waals surface area contributed by atoms with Gasteiger partial charge in [-0.05, 0) is 56.5 Å². The van der Waals surface area contributed by atoms with Crippen LogP contribution < -0.4 is 0 Å². The molecule has 0 heterocycles. The van der Waals surface area contributed by atoms with Gasteiger partial charge in [0.15, 0.2) is 0 Å². The Labute approximate surface area is 162 Å².